The second-order valence-corrected chi connectivity index (χ2v) is 6.82. The van der Waals surface area contributed by atoms with Crippen molar-refractivity contribution in [1.82, 2.24) is 0 Å². The summed E-state index contributed by atoms with van der Waals surface area (Å²) in [6.45, 7) is 14.4. The summed E-state index contributed by atoms with van der Waals surface area (Å²) in [6, 6.07) is 0. The average molecular weight is 397 g/mol. The molecule has 0 aliphatic heterocycles. The van der Waals surface area contributed by atoms with Crippen molar-refractivity contribution >= 4 is 24.8 Å². The molecular formula is C19H36Cl2NTi-. The second-order valence-electron chi connectivity index (χ2n) is 6.82. The molecule has 0 aromatic rings. The van der Waals surface area contributed by atoms with E-state index in [2.05, 4.69) is 47.6 Å². The average Bonchev–Trinajstić information content (AvgIpc) is 2.64. The normalized spacial score (nSPS) is 20.4. The molecule has 0 aromatic heterocycles. The minimum Gasteiger partial charge on any atom is -0.330 e. The van der Waals surface area contributed by atoms with Crippen LogP contribution in [-0.4, -0.2) is 6.54 Å². The van der Waals surface area contributed by atoms with Crippen LogP contribution < -0.4 is 5.73 Å². The maximum atomic E-state index is 6.34. The van der Waals surface area contributed by atoms with Crippen LogP contribution in [0.1, 0.15) is 80.1 Å². The SMILES string of the molecule is CCCCC(CN)(CCCC)C1(C)[C-]=C(C)C(C)=C1C.Cl.Cl.[Ti]. The van der Waals surface area contributed by atoms with Crippen LogP contribution in [-0.2, 0) is 21.7 Å². The molecule has 136 valence electrons. The third-order valence-corrected chi connectivity index (χ3v) is 5.78. The fraction of sp³-hybridized carbons (Fsp3) is 0.789. The van der Waals surface area contributed by atoms with Gasteiger partial charge in [0.05, 0.1) is 0 Å². The van der Waals surface area contributed by atoms with Crippen LogP contribution in [0.25, 0.3) is 0 Å². The first-order valence-corrected chi connectivity index (χ1v) is 8.38. The van der Waals surface area contributed by atoms with Crippen LogP contribution >= 0.6 is 24.8 Å². The minimum atomic E-state index is 0. The third-order valence-electron chi connectivity index (χ3n) is 5.78. The van der Waals surface area contributed by atoms with E-state index in [1.165, 1.54) is 55.2 Å². The summed E-state index contributed by atoms with van der Waals surface area (Å²) in [4.78, 5) is 0. The standard InChI is InChI=1S/C19H34N.2ClH.Ti/c1-7-9-11-19(14-20,12-10-8-2)18(6)13-15(3)16(4)17(18)5;;;/h7-12,14,20H2,1-6H3;2*1H;/q-1;;;. The van der Waals surface area contributed by atoms with Gasteiger partial charge in [0.15, 0.2) is 0 Å². The van der Waals surface area contributed by atoms with E-state index in [0.717, 1.165) is 6.54 Å². The van der Waals surface area contributed by atoms with Crippen LogP contribution in [0.3, 0.4) is 0 Å². The number of unbranched alkanes of at least 4 members (excludes halogenated alkanes) is 2. The predicted octanol–water partition coefficient (Wildman–Crippen LogP) is 6.26. The topological polar surface area (TPSA) is 26.0 Å². The van der Waals surface area contributed by atoms with Crippen LogP contribution in [0, 0.1) is 16.9 Å². The van der Waals surface area contributed by atoms with Gasteiger partial charge in [-0.1, -0.05) is 65.7 Å². The van der Waals surface area contributed by atoms with Crippen molar-refractivity contribution in [3.63, 3.8) is 0 Å². The van der Waals surface area contributed by atoms with Gasteiger partial charge in [0.2, 0.25) is 0 Å². The first-order valence-electron chi connectivity index (χ1n) is 8.38. The van der Waals surface area contributed by atoms with Gasteiger partial charge in [-0.25, -0.2) is 5.57 Å². The van der Waals surface area contributed by atoms with Crippen molar-refractivity contribution in [1.29, 1.82) is 0 Å². The van der Waals surface area contributed by atoms with Gasteiger partial charge in [0.25, 0.3) is 0 Å². The largest absolute Gasteiger partial charge is 0.330 e. The van der Waals surface area contributed by atoms with E-state index in [4.69, 9.17) is 5.73 Å². The zero-order valence-corrected chi connectivity index (χ0v) is 19.0. The number of hydrogen-bond donors (Lipinski definition) is 1. The Morgan fingerprint density at radius 3 is 1.70 bits per heavy atom. The van der Waals surface area contributed by atoms with Crippen molar-refractivity contribution in [3.8, 4) is 0 Å². The molecule has 2 N–H and O–H groups in total. The minimum absolute atomic E-state index is 0. The van der Waals surface area contributed by atoms with Gasteiger partial charge in [-0.3, -0.25) is 6.08 Å². The summed E-state index contributed by atoms with van der Waals surface area (Å²) in [5.41, 5.74) is 10.8. The molecule has 0 fully saturated rings. The molecule has 1 nitrogen and oxygen atoms in total. The van der Waals surface area contributed by atoms with E-state index in [1.54, 1.807) is 0 Å². The van der Waals surface area contributed by atoms with Crippen LogP contribution in [0.15, 0.2) is 16.7 Å². The van der Waals surface area contributed by atoms with E-state index in [9.17, 15) is 0 Å². The molecule has 0 spiro atoms. The van der Waals surface area contributed by atoms with Crippen LogP contribution in [0.5, 0.6) is 0 Å². The molecule has 23 heavy (non-hydrogen) atoms. The first kappa shape index (κ1) is 28.5. The van der Waals surface area contributed by atoms with Crippen molar-refractivity contribution in [2.24, 2.45) is 16.6 Å². The van der Waals surface area contributed by atoms with Gasteiger partial charge < -0.3 is 5.73 Å². The Morgan fingerprint density at radius 2 is 1.43 bits per heavy atom. The quantitative estimate of drug-likeness (QED) is 0.380. The summed E-state index contributed by atoms with van der Waals surface area (Å²) < 4.78 is 0. The van der Waals surface area contributed by atoms with E-state index in [0.29, 0.717) is 0 Å². The maximum Gasteiger partial charge on any atom is 0 e. The first-order chi connectivity index (χ1) is 9.38. The summed E-state index contributed by atoms with van der Waals surface area (Å²) in [7, 11) is 0. The number of halogens is 2. The molecule has 0 amide bonds. The Balaban J connectivity index is -0.00000133. The van der Waals surface area contributed by atoms with Gasteiger partial charge in [-0.2, -0.15) is 11.1 Å². The molecule has 0 aromatic carbocycles. The molecule has 1 unspecified atom stereocenters. The Labute approximate surface area is 172 Å². The van der Waals surface area contributed by atoms with Crippen LogP contribution in [0.4, 0.5) is 0 Å². The van der Waals surface area contributed by atoms with E-state index in [1.807, 2.05) is 0 Å². The summed E-state index contributed by atoms with van der Waals surface area (Å²) in [5, 5.41) is 0. The molecule has 1 atom stereocenters. The molecular weight excluding hydrogens is 361 g/mol. The Kier molecular flexibility index (Phi) is 15.1. The van der Waals surface area contributed by atoms with Crippen molar-refractivity contribution in [3.05, 3.63) is 22.8 Å². The maximum absolute atomic E-state index is 6.34. The fourth-order valence-electron chi connectivity index (χ4n) is 3.81. The monoisotopic (exact) mass is 396 g/mol. The number of rotatable bonds is 8. The van der Waals surface area contributed by atoms with Crippen LogP contribution in [0.2, 0.25) is 0 Å². The molecule has 1 aliphatic carbocycles. The molecule has 4 heteroatoms. The van der Waals surface area contributed by atoms with Gasteiger partial charge in [0.1, 0.15) is 0 Å². The summed E-state index contributed by atoms with van der Waals surface area (Å²) in [6.07, 6.45) is 11.3. The Morgan fingerprint density at radius 1 is 1.00 bits per heavy atom. The molecule has 1 rings (SSSR count). The van der Waals surface area contributed by atoms with E-state index >= 15 is 0 Å². The third kappa shape index (κ3) is 5.61. The fourth-order valence-corrected chi connectivity index (χ4v) is 3.81. The zero-order valence-electron chi connectivity index (χ0n) is 15.8. The zero-order chi connectivity index (χ0) is 15.4. The van der Waals surface area contributed by atoms with Gasteiger partial charge in [0, 0.05) is 21.7 Å². The van der Waals surface area contributed by atoms with Gasteiger partial charge in [-0.15, -0.1) is 31.7 Å². The number of nitrogens with two attached hydrogens (primary N) is 1. The molecule has 0 radical (unpaired) electrons. The van der Waals surface area contributed by atoms with E-state index < -0.39 is 0 Å². The molecule has 0 saturated carbocycles. The summed E-state index contributed by atoms with van der Waals surface area (Å²) in [5.74, 6) is 0. The Bertz CT molecular complexity index is 396. The predicted molar refractivity (Wildman–Crippen MR) is 104 cm³/mol. The van der Waals surface area contributed by atoms with Crippen molar-refractivity contribution in [2.75, 3.05) is 6.54 Å². The smallest absolute Gasteiger partial charge is 0 e. The van der Waals surface area contributed by atoms with Crippen molar-refractivity contribution in [2.45, 2.75) is 80.1 Å². The van der Waals surface area contributed by atoms with Crippen molar-refractivity contribution < 1.29 is 21.7 Å². The number of allylic oxidation sites excluding steroid dienone is 4. The second kappa shape index (κ2) is 12.1. The van der Waals surface area contributed by atoms with E-state index in [-0.39, 0.29) is 57.4 Å². The molecule has 0 bridgehead atoms. The number of hydrogen-bond acceptors (Lipinski definition) is 1. The molecule has 1 aliphatic rings. The molecule has 0 saturated heterocycles. The molecule has 0 heterocycles. The summed E-state index contributed by atoms with van der Waals surface area (Å²) >= 11 is 0. The van der Waals surface area contributed by atoms with Gasteiger partial charge in [-0.05, 0) is 24.8 Å². The Hall–Kier alpha value is 0.734. The van der Waals surface area contributed by atoms with Gasteiger partial charge >= 0.3 is 0 Å².